The second-order valence-electron chi connectivity index (χ2n) is 5.69. The van der Waals surface area contributed by atoms with Crippen molar-refractivity contribution >= 4 is 0 Å². The maximum absolute atomic E-state index is 9.71. The Labute approximate surface area is 112 Å². The molecule has 3 unspecified atom stereocenters. The van der Waals surface area contributed by atoms with E-state index in [1.165, 1.54) is 12.8 Å². The summed E-state index contributed by atoms with van der Waals surface area (Å²) in [6.07, 6.45) is 4.52. The molecule has 0 aliphatic heterocycles. The molecule has 0 aromatic rings. The van der Waals surface area contributed by atoms with E-state index >= 15 is 0 Å². The summed E-state index contributed by atoms with van der Waals surface area (Å²) in [5, 5.41) is 13.2. The number of nitrogens with one attached hydrogen (secondary N) is 1. The van der Waals surface area contributed by atoms with Crippen LogP contribution in [0, 0.1) is 0 Å². The highest BCUT2D eigenvalue weighted by Gasteiger charge is 2.37. The minimum Gasteiger partial charge on any atom is -0.394 e. The Morgan fingerprint density at radius 3 is 2.83 bits per heavy atom. The van der Waals surface area contributed by atoms with E-state index in [1.54, 1.807) is 7.11 Å². The average molecular weight is 258 g/mol. The molecular weight excluding hydrogens is 228 g/mol. The van der Waals surface area contributed by atoms with E-state index in [4.69, 9.17) is 4.74 Å². The van der Waals surface area contributed by atoms with Gasteiger partial charge in [0.05, 0.1) is 13.2 Å². The van der Waals surface area contributed by atoms with E-state index in [1.807, 2.05) is 0 Å². The van der Waals surface area contributed by atoms with Crippen LogP contribution >= 0.6 is 0 Å². The molecule has 0 spiro atoms. The summed E-state index contributed by atoms with van der Waals surface area (Å²) in [5.41, 5.74) is -0.0707. The van der Waals surface area contributed by atoms with Crippen molar-refractivity contribution in [2.45, 2.75) is 57.2 Å². The molecule has 1 saturated carbocycles. The molecule has 0 bridgehead atoms. The van der Waals surface area contributed by atoms with Gasteiger partial charge in [0.25, 0.3) is 0 Å². The van der Waals surface area contributed by atoms with Gasteiger partial charge in [0, 0.05) is 24.7 Å². The second-order valence-corrected chi connectivity index (χ2v) is 5.69. The van der Waals surface area contributed by atoms with Crippen LogP contribution in [0.4, 0.5) is 0 Å². The van der Waals surface area contributed by atoms with E-state index in [0.29, 0.717) is 12.1 Å². The summed E-state index contributed by atoms with van der Waals surface area (Å²) in [5.74, 6) is 0. The molecule has 0 amide bonds. The number of methoxy groups -OCH3 is 1. The van der Waals surface area contributed by atoms with Crippen LogP contribution in [0.15, 0.2) is 0 Å². The molecular formula is C14H30N2O2. The van der Waals surface area contributed by atoms with Crippen LogP contribution in [0.5, 0.6) is 0 Å². The molecule has 18 heavy (non-hydrogen) atoms. The molecule has 1 fully saturated rings. The van der Waals surface area contributed by atoms with Crippen LogP contribution < -0.4 is 5.32 Å². The second kappa shape index (κ2) is 7.43. The zero-order valence-corrected chi connectivity index (χ0v) is 12.4. The molecule has 0 radical (unpaired) electrons. The Morgan fingerprint density at radius 1 is 1.56 bits per heavy atom. The fraction of sp³-hybridized carbons (Fsp3) is 1.00. The van der Waals surface area contributed by atoms with E-state index in [9.17, 15) is 5.11 Å². The number of hydrogen-bond donors (Lipinski definition) is 2. The lowest BCUT2D eigenvalue weighted by Crippen LogP contribution is -2.56. The fourth-order valence-corrected chi connectivity index (χ4v) is 3.13. The van der Waals surface area contributed by atoms with Crippen molar-refractivity contribution in [1.82, 2.24) is 10.2 Å². The van der Waals surface area contributed by atoms with Gasteiger partial charge in [-0.05, 0) is 46.2 Å². The van der Waals surface area contributed by atoms with E-state index in [-0.39, 0.29) is 12.1 Å². The Morgan fingerprint density at radius 2 is 2.28 bits per heavy atom. The molecule has 0 aromatic heterocycles. The first-order valence-corrected chi connectivity index (χ1v) is 7.15. The van der Waals surface area contributed by atoms with Crippen molar-refractivity contribution < 1.29 is 9.84 Å². The van der Waals surface area contributed by atoms with Gasteiger partial charge < -0.3 is 15.2 Å². The molecule has 0 aromatic carbocycles. The van der Waals surface area contributed by atoms with Crippen molar-refractivity contribution in [3.8, 4) is 0 Å². The third-order valence-electron chi connectivity index (χ3n) is 4.35. The lowest BCUT2D eigenvalue weighted by molar-refractivity contribution is 0.0344. The fourth-order valence-electron chi connectivity index (χ4n) is 3.13. The summed E-state index contributed by atoms with van der Waals surface area (Å²) in [6, 6.07) is 0.964. The molecule has 108 valence electrons. The van der Waals surface area contributed by atoms with Gasteiger partial charge in [-0.2, -0.15) is 0 Å². The van der Waals surface area contributed by atoms with E-state index in [0.717, 1.165) is 26.0 Å². The van der Waals surface area contributed by atoms with Gasteiger partial charge in [-0.15, -0.1) is 0 Å². The topological polar surface area (TPSA) is 44.7 Å². The van der Waals surface area contributed by atoms with Gasteiger partial charge in [-0.3, -0.25) is 4.90 Å². The summed E-state index contributed by atoms with van der Waals surface area (Å²) in [6.45, 7) is 6.24. The number of nitrogens with zero attached hydrogens (tertiary/aromatic N) is 1. The van der Waals surface area contributed by atoms with E-state index in [2.05, 4.69) is 31.1 Å². The Kier molecular flexibility index (Phi) is 6.57. The first-order valence-electron chi connectivity index (χ1n) is 7.15. The van der Waals surface area contributed by atoms with Crippen molar-refractivity contribution in [2.75, 3.05) is 33.9 Å². The third-order valence-corrected chi connectivity index (χ3v) is 4.35. The third kappa shape index (κ3) is 3.92. The molecule has 1 aliphatic rings. The van der Waals surface area contributed by atoms with Crippen LogP contribution in [0.25, 0.3) is 0 Å². The van der Waals surface area contributed by atoms with Gasteiger partial charge in [0.15, 0.2) is 0 Å². The van der Waals surface area contributed by atoms with Gasteiger partial charge in [0.1, 0.15) is 0 Å². The molecule has 0 heterocycles. The first-order chi connectivity index (χ1) is 8.58. The SMILES string of the molecule is CCNC1(CO)CCCC(N(C)C(C)COC)C1. The number of rotatable bonds is 7. The van der Waals surface area contributed by atoms with Gasteiger partial charge >= 0.3 is 0 Å². The van der Waals surface area contributed by atoms with Crippen molar-refractivity contribution in [1.29, 1.82) is 0 Å². The van der Waals surface area contributed by atoms with Crippen LogP contribution in [0.1, 0.15) is 39.5 Å². The minimum absolute atomic E-state index is 0.0707. The lowest BCUT2D eigenvalue weighted by Gasteiger charge is -2.45. The molecule has 3 atom stereocenters. The highest BCUT2D eigenvalue weighted by molar-refractivity contribution is 4.96. The lowest BCUT2D eigenvalue weighted by atomic mass is 9.78. The van der Waals surface area contributed by atoms with Crippen molar-refractivity contribution in [2.24, 2.45) is 0 Å². The predicted molar refractivity (Wildman–Crippen MR) is 74.9 cm³/mol. The summed E-state index contributed by atoms with van der Waals surface area (Å²) >= 11 is 0. The smallest absolute Gasteiger partial charge is 0.0615 e. The number of aliphatic hydroxyl groups is 1. The quantitative estimate of drug-likeness (QED) is 0.721. The number of aliphatic hydroxyl groups excluding tert-OH is 1. The molecule has 2 N–H and O–H groups in total. The van der Waals surface area contributed by atoms with Crippen LogP contribution in [0.3, 0.4) is 0 Å². The van der Waals surface area contributed by atoms with Crippen LogP contribution in [-0.4, -0.2) is 61.5 Å². The molecule has 0 saturated heterocycles. The Bertz CT molecular complexity index is 234. The standard InChI is InChI=1S/C14H30N2O2/c1-5-15-14(11-17)8-6-7-13(9-14)16(3)12(2)10-18-4/h12-13,15,17H,5-11H2,1-4H3. The van der Waals surface area contributed by atoms with Gasteiger partial charge in [-0.25, -0.2) is 0 Å². The van der Waals surface area contributed by atoms with Crippen molar-refractivity contribution in [3.63, 3.8) is 0 Å². The molecule has 1 aliphatic carbocycles. The zero-order valence-electron chi connectivity index (χ0n) is 12.4. The number of hydrogen-bond acceptors (Lipinski definition) is 4. The molecule has 1 rings (SSSR count). The summed E-state index contributed by atoms with van der Waals surface area (Å²) in [7, 11) is 3.93. The van der Waals surface area contributed by atoms with Gasteiger partial charge in [-0.1, -0.05) is 6.92 Å². The summed E-state index contributed by atoms with van der Waals surface area (Å²) in [4.78, 5) is 2.41. The van der Waals surface area contributed by atoms with Crippen molar-refractivity contribution in [3.05, 3.63) is 0 Å². The Balaban J connectivity index is 2.61. The maximum Gasteiger partial charge on any atom is 0.0615 e. The predicted octanol–water partition coefficient (Wildman–Crippen LogP) is 1.24. The first kappa shape index (κ1) is 15.9. The number of ether oxygens (including phenoxy) is 1. The van der Waals surface area contributed by atoms with Crippen LogP contribution in [0.2, 0.25) is 0 Å². The highest BCUT2D eigenvalue weighted by atomic mass is 16.5. The largest absolute Gasteiger partial charge is 0.394 e. The Hall–Kier alpha value is -0.160. The normalized spacial score (nSPS) is 30.7. The highest BCUT2D eigenvalue weighted by Crippen LogP contribution is 2.31. The zero-order chi connectivity index (χ0) is 13.6. The monoisotopic (exact) mass is 258 g/mol. The van der Waals surface area contributed by atoms with E-state index < -0.39 is 0 Å². The molecule has 4 nitrogen and oxygen atoms in total. The number of likely N-dealkylation sites (N-methyl/N-ethyl adjacent to an activating group) is 2. The average Bonchev–Trinajstić information content (AvgIpc) is 2.38. The van der Waals surface area contributed by atoms with Crippen LogP contribution in [-0.2, 0) is 4.74 Å². The minimum atomic E-state index is -0.0707. The summed E-state index contributed by atoms with van der Waals surface area (Å²) < 4.78 is 5.23. The van der Waals surface area contributed by atoms with Gasteiger partial charge in [0.2, 0.25) is 0 Å². The molecule has 4 heteroatoms. The maximum atomic E-state index is 9.71.